The summed E-state index contributed by atoms with van der Waals surface area (Å²) < 4.78 is 18.6. The first-order valence-corrected chi connectivity index (χ1v) is 9.48. The van der Waals surface area contributed by atoms with Crippen molar-refractivity contribution in [3.8, 4) is 11.5 Å². The largest absolute Gasteiger partial charge is 0.444 e. The van der Waals surface area contributed by atoms with Gasteiger partial charge in [-0.15, -0.1) is 11.8 Å². The predicted octanol–water partition coefficient (Wildman–Crippen LogP) is 2.45. The van der Waals surface area contributed by atoms with Crippen molar-refractivity contribution in [3.05, 3.63) is 42.0 Å². The standard InChI is InChI=1S/C18H20FN3O3S/c1-22(8-16(23)20-14-5-6-14)17(24)11-26-10-15-9-25-18(21-15)12-3-2-4-13(19)7-12/h2-4,7,9,14H,5-6,8,10-11H2,1H3,(H,20,23). The van der Waals surface area contributed by atoms with E-state index < -0.39 is 0 Å². The minimum Gasteiger partial charge on any atom is -0.444 e. The second-order valence-electron chi connectivity index (χ2n) is 6.24. The Balaban J connectivity index is 1.42. The number of benzene rings is 1. The van der Waals surface area contributed by atoms with E-state index in [0.29, 0.717) is 28.9 Å². The molecule has 0 spiro atoms. The molecule has 0 radical (unpaired) electrons. The molecular formula is C18H20FN3O3S. The lowest BCUT2D eigenvalue weighted by Gasteiger charge is -2.16. The van der Waals surface area contributed by atoms with Gasteiger partial charge in [0.05, 0.1) is 18.0 Å². The maximum Gasteiger partial charge on any atom is 0.239 e. The average Bonchev–Trinajstić information content (AvgIpc) is 3.28. The molecule has 1 aromatic heterocycles. The average molecular weight is 377 g/mol. The molecule has 1 aliphatic rings. The van der Waals surface area contributed by atoms with Crippen LogP contribution >= 0.6 is 11.8 Å². The molecule has 0 unspecified atom stereocenters. The maximum atomic E-state index is 13.2. The van der Waals surface area contributed by atoms with Crippen molar-refractivity contribution in [1.82, 2.24) is 15.2 Å². The van der Waals surface area contributed by atoms with Gasteiger partial charge in [0.25, 0.3) is 0 Å². The Morgan fingerprint density at radius 2 is 2.23 bits per heavy atom. The maximum absolute atomic E-state index is 13.2. The summed E-state index contributed by atoms with van der Waals surface area (Å²) in [7, 11) is 1.62. The first-order chi connectivity index (χ1) is 12.5. The summed E-state index contributed by atoms with van der Waals surface area (Å²) in [5.41, 5.74) is 1.25. The highest BCUT2D eigenvalue weighted by Gasteiger charge is 2.24. The molecule has 0 atom stereocenters. The minimum atomic E-state index is -0.351. The molecular weight excluding hydrogens is 357 g/mol. The monoisotopic (exact) mass is 377 g/mol. The fraction of sp³-hybridized carbons (Fsp3) is 0.389. The van der Waals surface area contributed by atoms with Gasteiger partial charge in [-0.3, -0.25) is 9.59 Å². The third-order valence-electron chi connectivity index (χ3n) is 3.85. The first kappa shape index (κ1) is 18.4. The van der Waals surface area contributed by atoms with Gasteiger partial charge in [0.2, 0.25) is 17.7 Å². The minimum absolute atomic E-state index is 0.0730. The molecule has 6 nitrogen and oxygen atoms in total. The lowest BCUT2D eigenvalue weighted by molar-refractivity contribution is -0.132. The molecule has 8 heteroatoms. The number of aromatic nitrogens is 1. The van der Waals surface area contributed by atoms with Crippen LogP contribution in [0.15, 0.2) is 34.9 Å². The zero-order chi connectivity index (χ0) is 18.5. The normalized spacial score (nSPS) is 13.5. The highest BCUT2D eigenvalue weighted by atomic mass is 32.2. The van der Waals surface area contributed by atoms with Crippen LogP contribution in [0.2, 0.25) is 0 Å². The van der Waals surface area contributed by atoms with Crippen molar-refractivity contribution in [2.75, 3.05) is 19.3 Å². The van der Waals surface area contributed by atoms with E-state index in [4.69, 9.17) is 4.42 Å². The molecule has 1 N–H and O–H groups in total. The molecule has 1 aliphatic carbocycles. The third kappa shape index (κ3) is 5.32. The van der Waals surface area contributed by atoms with E-state index in [1.54, 1.807) is 19.2 Å². The Bertz CT molecular complexity index is 791. The second kappa shape index (κ2) is 8.35. The summed E-state index contributed by atoms with van der Waals surface area (Å²) in [4.78, 5) is 29.5. The van der Waals surface area contributed by atoms with Crippen molar-refractivity contribution >= 4 is 23.6 Å². The summed E-state index contributed by atoms with van der Waals surface area (Å²) in [6.45, 7) is 0.0730. The molecule has 2 aromatic rings. The van der Waals surface area contributed by atoms with Crippen LogP contribution in [0.3, 0.4) is 0 Å². The Morgan fingerprint density at radius 3 is 2.96 bits per heavy atom. The Labute approximate surface area is 155 Å². The van der Waals surface area contributed by atoms with Crippen LogP contribution in [0.5, 0.6) is 0 Å². The van der Waals surface area contributed by atoms with E-state index >= 15 is 0 Å². The van der Waals surface area contributed by atoms with E-state index in [0.717, 1.165) is 12.8 Å². The topological polar surface area (TPSA) is 75.4 Å². The molecule has 1 aromatic carbocycles. The SMILES string of the molecule is CN(CC(=O)NC1CC1)C(=O)CSCc1coc(-c2cccc(F)c2)n1. The van der Waals surface area contributed by atoms with Crippen LogP contribution in [0.25, 0.3) is 11.5 Å². The summed E-state index contributed by atoms with van der Waals surface area (Å²) in [6.07, 6.45) is 3.55. The molecule has 0 saturated heterocycles. The van der Waals surface area contributed by atoms with Crippen LogP contribution in [0.1, 0.15) is 18.5 Å². The number of thioether (sulfide) groups is 1. The Kier molecular flexibility index (Phi) is 5.92. The van der Waals surface area contributed by atoms with Gasteiger partial charge >= 0.3 is 0 Å². The number of nitrogens with zero attached hydrogens (tertiary/aromatic N) is 2. The van der Waals surface area contributed by atoms with Crippen LogP contribution in [0, 0.1) is 5.82 Å². The van der Waals surface area contributed by atoms with E-state index in [1.165, 1.54) is 35.1 Å². The summed E-state index contributed by atoms with van der Waals surface area (Å²) >= 11 is 1.39. The van der Waals surface area contributed by atoms with Gasteiger partial charge in [0.15, 0.2) is 0 Å². The van der Waals surface area contributed by atoms with Gasteiger partial charge in [-0.25, -0.2) is 9.37 Å². The van der Waals surface area contributed by atoms with Crippen molar-refractivity contribution < 1.29 is 18.4 Å². The number of hydrogen-bond donors (Lipinski definition) is 1. The highest BCUT2D eigenvalue weighted by molar-refractivity contribution is 7.99. The number of hydrogen-bond acceptors (Lipinski definition) is 5. The molecule has 0 aliphatic heterocycles. The quantitative estimate of drug-likeness (QED) is 0.765. The molecule has 1 saturated carbocycles. The van der Waals surface area contributed by atoms with E-state index in [9.17, 15) is 14.0 Å². The van der Waals surface area contributed by atoms with Crippen LogP contribution < -0.4 is 5.32 Å². The Hall–Kier alpha value is -2.35. The van der Waals surface area contributed by atoms with Gasteiger partial charge in [-0.05, 0) is 31.0 Å². The number of nitrogens with one attached hydrogen (secondary N) is 1. The van der Waals surface area contributed by atoms with E-state index in [-0.39, 0.29) is 29.9 Å². The number of halogens is 1. The van der Waals surface area contributed by atoms with Gasteiger partial charge in [-0.1, -0.05) is 6.07 Å². The van der Waals surface area contributed by atoms with Crippen molar-refractivity contribution in [2.24, 2.45) is 0 Å². The molecule has 138 valence electrons. The number of oxazole rings is 1. The lowest BCUT2D eigenvalue weighted by atomic mass is 10.2. The van der Waals surface area contributed by atoms with Crippen molar-refractivity contribution in [3.63, 3.8) is 0 Å². The molecule has 3 rings (SSSR count). The van der Waals surface area contributed by atoms with Crippen LogP contribution in [-0.2, 0) is 15.3 Å². The number of rotatable bonds is 8. The smallest absolute Gasteiger partial charge is 0.239 e. The van der Waals surface area contributed by atoms with Gasteiger partial charge in [-0.2, -0.15) is 0 Å². The number of likely N-dealkylation sites (N-methyl/N-ethyl adjacent to an activating group) is 1. The first-order valence-electron chi connectivity index (χ1n) is 8.32. The predicted molar refractivity (Wildman–Crippen MR) is 96.9 cm³/mol. The fourth-order valence-corrected chi connectivity index (χ4v) is 3.12. The zero-order valence-electron chi connectivity index (χ0n) is 14.4. The van der Waals surface area contributed by atoms with E-state index in [1.807, 2.05) is 0 Å². The molecule has 0 bridgehead atoms. The third-order valence-corrected chi connectivity index (χ3v) is 4.80. The second-order valence-corrected chi connectivity index (χ2v) is 7.22. The van der Waals surface area contributed by atoms with Gasteiger partial charge in [0, 0.05) is 24.4 Å². The number of amides is 2. The molecule has 2 amide bonds. The van der Waals surface area contributed by atoms with Crippen LogP contribution in [0.4, 0.5) is 4.39 Å². The van der Waals surface area contributed by atoms with Crippen LogP contribution in [-0.4, -0.2) is 47.1 Å². The van der Waals surface area contributed by atoms with Crippen molar-refractivity contribution in [1.29, 1.82) is 0 Å². The molecule has 1 fully saturated rings. The van der Waals surface area contributed by atoms with Gasteiger partial charge in [0.1, 0.15) is 12.1 Å². The molecule has 1 heterocycles. The summed E-state index contributed by atoms with van der Waals surface area (Å²) in [6, 6.07) is 6.32. The number of carbonyl (C=O) groups is 2. The number of carbonyl (C=O) groups excluding carboxylic acids is 2. The fourth-order valence-electron chi connectivity index (χ4n) is 2.29. The summed E-state index contributed by atoms with van der Waals surface area (Å²) in [5, 5.41) is 2.86. The van der Waals surface area contributed by atoms with Crippen molar-refractivity contribution in [2.45, 2.75) is 24.6 Å². The Morgan fingerprint density at radius 1 is 1.42 bits per heavy atom. The van der Waals surface area contributed by atoms with E-state index in [2.05, 4.69) is 10.3 Å². The zero-order valence-corrected chi connectivity index (χ0v) is 15.2. The lowest BCUT2D eigenvalue weighted by Crippen LogP contribution is -2.39. The summed E-state index contributed by atoms with van der Waals surface area (Å²) in [5.74, 6) is 0.498. The highest BCUT2D eigenvalue weighted by Crippen LogP contribution is 2.21. The van der Waals surface area contributed by atoms with Gasteiger partial charge < -0.3 is 14.6 Å². The molecule has 26 heavy (non-hydrogen) atoms.